The topological polar surface area (TPSA) is 81.9 Å². The molecule has 4 aromatic rings. The molecular formula is C22H18FN5O2. The van der Waals surface area contributed by atoms with Crippen molar-refractivity contribution in [2.24, 2.45) is 0 Å². The molecule has 1 amide bonds. The summed E-state index contributed by atoms with van der Waals surface area (Å²) in [6, 6.07) is 14.5. The van der Waals surface area contributed by atoms with Gasteiger partial charge >= 0.3 is 0 Å². The predicted octanol–water partition coefficient (Wildman–Crippen LogP) is 4.41. The van der Waals surface area contributed by atoms with Gasteiger partial charge in [0.2, 0.25) is 5.88 Å². The van der Waals surface area contributed by atoms with E-state index in [-0.39, 0.29) is 11.7 Å². The lowest BCUT2D eigenvalue weighted by Gasteiger charge is -2.09. The van der Waals surface area contributed by atoms with Crippen LogP contribution in [0.2, 0.25) is 0 Å². The largest absolute Gasteiger partial charge is 0.439 e. The monoisotopic (exact) mass is 403 g/mol. The summed E-state index contributed by atoms with van der Waals surface area (Å²) >= 11 is 0. The second-order valence-corrected chi connectivity index (χ2v) is 6.35. The average molecular weight is 403 g/mol. The van der Waals surface area contributed by atoms with E-state index < -0.39 is 0 Å². The highest BCUT2D eigenvalue weighted by Crippen LogP contribution is 2.21. The molecule has 4 rings (SSSR count). The minimum absolute atomic E-state index is 0.289. The summed E-state index contributed by atoms with van der Waals surface area (Å²) in [5.74, 6) is 0.818. The number of hydrogen-bond acceptors (Lipinski definition) is 5. The van der Waals surface area contributed by atoms with Crippen LogP contribution in [0.25, 0.3) is 5.82 Å². The molecule has 1 N–H and O–H groups in total. The van der Waals surface area contributed by atoms with E-state index in [1.54, 1.807) is 23.0 Å². The highest BCUT2D eigenvalue weighted by atomic mass is 19.1. The maximum Gasteiger partial charge on any atom is 0.259 e. The molecule has 150 valence electrons. The van der Waals surface area contributed by atoms with Crippen LogP contribution < -0.4 is 10.1 Å². The fraction of sp³-hybridized carbons (Fsp3) is 0.0909. The molecule has 0 saturated carbocycles. The van der Waals surface area contributed by atoms with E-state index in [0.717, 1.165) is 5.69 Å². The molecule has 0 saturated heterocycles. The van der Waals surface area contributed by atoms with E-state index >= 15 is 0 Å². The quantitative estimate of drug-likeness (QED) is 0.516. The summed E-state index contributed by atoms with van der Waals surface area (Å²) in [5, 5.41) is 7.13. The Morgan fingerprint density at radius 1 is 1.07 bits per heavy atom. The molecule has 0 aliphatic heterocycles. The Morgan fingerprint density at radius 3 is 2.57 bits per heavy atom. The Labute approximate surface area is 172 Å². The number of carbonyl (C=O) groups excluding carboxylic acids is 1. The Kier molecular flexibility index (Phi) is 5.47. The van der Waals surface area contributed by atoms with E-state index in [4.69, 9.17) is 4.74 Å². The normalized spacial score (nSPS) is 10.6. The minimum atomic E-state index is -0.341. The number of pyridine rings is 2. The van der Waals surface area contributed by atoms with Crippen LogP contribution >= 0.6 is 0 Å². The van der Waals surface area contributed by atoms with Crippen molar-refractivity contribution in [1.29, 1.82) is 0 Å². The maximum atomic E-state index is 13.0. The number of hydrogen-bond donors (Lipinski definition) is 1. The van der Waals surface area contributed by atoms with Gasteiger partial charge in [-0.3, -0.25) is 4.79 Å². The molecule has 0 atom stereocenters. The smallest absolute Gasteiger partial charge is 0.259 e. The molecule has 8 heteroatoms. The zero-order chi connectivity index (χ0) is 20.9. The van der Waals surface area contributed by atoms with Gasteiger partial charge in [-0.25, -0.2) is 19.0 Å². The van der Waals surface area contributed by atoms with Crippen LogP contribution in [-0.4, -0.2) is 25.7 Å². The van der Waals surface area contributed by atoms with Crippen LogP contribution in [0.15, 0.2) is 73.2 Å². The van der Waals surface area contributed by atoms with Crippen molar-refractivity contribution in [1.82, 2.24) is 19.7 Å². The third-order valence-corrected chi connectivity index (χ3v) is 4.34. The Hall–Kier alpha value is -4.07. The molecule has 0 fully saturated rings. The van der Waals surface area contributed by atoms with Gasteiger partial charge in [-0.1, -0.05) is 13.0 Å². The molecule has 0 aliphatic rings. The second-order valence-electron chi connectivity index (χ2n) is 6.35. The minimum Gasteiger partial charge on any atom is -0.439 e. The van der Waals surface area contributed by atoms with Gasteiger partial charge in [-0.2, -0.15) is 5.10 Å². The summed E-state index contributed by atoms with van der Waals surface area (Å²) in [6.45, 7) is 1.95. The lowest BCUT2D eigenvalue weighted by Crippen LogP contribution is -2.14. The summed E-state index contributed by atoms with van der Waals surface area (Å²) in [5.41, 5.74) is 1.74. The van der Waals surface area contributed by atoms with Crippen molar-refractivity contribution in [2.75, 3.05) is 5.32 Å². The number of nitrogens with zero attached hydrogens (tertiary/aromatic N) is 4. The molecule has 3 aromatic heterocycles. The number of rotatable bonds is 6. The van der Waals surface area contributed by atoms with Crippen LogP contribution in [0.4, 0.5) is 10.1 Å². The van der Waals surface area contributed by atoms with Crippen LogP contribution in [0.5, 0.6) is 11.6 Å². The lowest BCUT2D eigenvalue weighted by atomic mass is 10.2. The predicted molar refractivity (Wildman–Crippen MR) is 109 cm³/mol. The van der Waals surface area contributed by atoms with Crippen molar-refractivity contribution in [3.05, 3.63) is 90.3 Å². The van der Waals surface area contributed by atoms with Gasteiger partial charge in [-0.15, -0.1) is 0 Å². The number of nitrogens with one attached hydrogen (secondary N) is 1. The number of aromatic nitrogens is 4. The number of carbonyl (C=O) groups is 1. The summed E-state index contributed by atoms with van der Waals surface area (Å²) in [7, 11) is 0. The third kappa shape index (κ3) is 4.17. The van der Waals surface area contributed by atoms with Crippen LogP contribution in [0.3, 0.4) is 0 Å². The van der Waals surface area contributed by atoms with E-state index in [1.807, 2.05) is 25.1 Å². The number of ether oxygens (including phenoxy) is 1. The number of anilines is 1. The van der Waals surface area contributed by atoms with Crippen molar-refractivity contribution in [2.45, 2.75) is 13.3 Å². The standard InChI is InChI=1S/C22H18FN5O2/c1-2-19-18(14-26-28(19)20-5-3-4-12-24-20)22(29)27-16-8-11-21(25-13-16)30-17-9-6-15(23)7-10-17/h3-14H,2H2,1H3,(H,27,29). The SMILES string of the molecule is CCc1c(C(=O)Nc2ccc(Oc3ccc(F)cc3)nc2)cnn1-c1ccccn1. The first-order valence-electron chi connectivity index (χ1n) is 9.33. The zero-order valence-corrected chi connectivity index (χ0v) is 16.1. The van der Waals surface area contributed by atoms with Crippen LogP contribution in [0, 0.1) is 5.82 Å². The lowest BCUT2D eigenvalue weighted by molar-refractivity contribution is 0.102. The molecular weight excluding hydrogens is 385 g/mol. The van der Waals surface area contributed by atoms with Gasteiger partial charge in [0.1, 0.15) is 11.6 Å². The van der Waals surface area contributed by atoms with Crippen LogP contribution in [-0.2, 0) is 6.42 Å². The molecule has 7 nitrogen and oxygen atoms in total. The fourth-order valence-electron chi connectivity index (χ4n) is 2.92. The Morgan fingerprint density at radius 2 is 1.90 bits per heavy atom. The van der Waals surface area contributed by atoms with Crippen molar-refractivity contribution in [3.8, 4) is 17.4 Å². The summed E-state index contributed by atoms with van der Waals surface area (Å²) < 4.78 is 20.2. The van der Waals surface area contributed by atoms with Crippen molar-refractivity contribution < 1.29 is 13.9 Å². The van der Waals surface area contributed by atoms with Gasteiger partial charge in [0, 0.05) is 12.3 Å². The Bertz CT molecular complexity index is 1140. The number of amides is 1. The number of benzene rings is 1. The fourth-order valence-corrected chi connectivity index (χ4v) is 2.92. The molecule has 30 heavy (non-hydrogen) atoms. The van der Waals surface area contributed by atoms with Gasteiger partial charge in [-0.05, 0) is 48.9 Å². The molecule has 1 aromatic carbocycles. The second kappa shape index (κ2) is 8.52. The van der Waals surface area contributed by atoms with Crippen molar-refractivity contribution >= 4 is 11.6 Å². The summed E-state index contributed by atoms with van der Waals surface area (Å²) in [6.07, 6.45) is 5.31. The Balaban J connectivity index is 1.47. The van der Waals surface area contributed by atoms with E-state index in [2.05, 4.69) is 20.4 Å². The molecule has 0 bridgehead atoms. The first-order valence-corrected chi connectivity index (χ1v) is 9.33. The first kappa shape index (κ1) is 19.3. The highest BCUT2D eigenvalue weighted by molar-refractivity contribution is 6.04. The van der Waals surface area contributed by atoms with E-state index in [1.165, 1.54) is 36.7 Å². The average Bonchev–Trinajstić information content (AvgIpc) is 3.21. The molecule has 0 aliphatic carbocycles. The molecule has 0 spiro atoms. The molecule has 3 heterocycles. The first-order chi connectivity index (χ1) is 14.6. The highest BCUT2D eigenvalue weighted by Gasteiger charge is 2.18. The van der Waals surface area contributed by atoms with Gasteiger partial charge < -0.3 is 10.1 Å². The third-order valence-electron chi connectivity index (χ3n) is 4.34. The van der Waals surface area contributed by atoms with E-state index in [9.17, 15) is 9.18 Å². The number of halogens is 1. The van der Waals surface area contributed by atoms with E-state index in [0.29, 0.717) is 35.1 Å². The molecule has 0 unspecified atom stereocenters. The molecule has 0 radical (unpaired) electrons. The van der Waals surface area contributed by atoms with Gasteiger partial charge in [0.15, 0.2) is 5.82 Å². The maximum absolute atomic E-state index is 13.0. The zero-order valence-electron chi connectivity index (χ0n) is 16.1. The van der Waals surface area contributed by atoms with Gasteiger partial charge in [0.25, 0.3) is 5.91 Å². The van der Waals surface area contributed by atoms with Crippen LogP contribution in [0.1, 0.15) is 23.0 Å². The van der Waals surface area contributed by atoms with Gasteiger partial charge in [0.05, 0.1) is 29.3 Å². The van der Waals surface area contributed by atoms with Crippen molar-refractivity contribution in [3.63, 3.8) is 0 Å². The summed E-state index contributed by atoms with van der Waals surface area (Å²) in [4.78, 5) is 21.2.